The summed E-state index contributed by atoms with van der Waals surface area (Å²) in [4.78, 5) is 35.3. The first kappa shape index (κ1) is 52.5. The number of esters is 2. The third-order valence-electron chi connectivity index (χ3n) is 9.45. The fraction of sp³-hybridized carbons (Fsp3) is 0.864. The van der Waals surface area contributed by atoms with Crippen molar-refractivity contribution < 1.29 is 42.1 Å². The van der Waals surface area contributed by atoms with E-state index in [9.17, 15) is 19.0 Å². The normalized spacial score (nSPS) is 13.8. The number of allylic oxidation sites excluding steroid dienone is 4. The minimum absolute atomic E-state index is 0.0299. The average molecular weight is 787 g/mol. The van der Waals surface area contributed by atoms with Crippen LogP contribution in [0.3, 0.4) is 0 Å². The molecule has 0 aliphatic heterocycles. The van der Waals surface area contributed by atoms with E-state index < -0.39 is 26.5 Å². The van der Waals surface area contributed by atoms with Gasteiger partial charge in [-0.25, -0.2) is 4.57 Å². The summed E-state index contributed by atoms with van der Waals surface area (Å²) >= 11 is 0. The first-order valence-electron chi connectivity index (χ1n) is 22.1. The van der Waals surface area contributed by atoms with Gasteiger partial charge in [0.2, 0.25) is 0 Å². The zero-order valence-electron chi connectivity index (χ0n) is 35.7. The Bertz CT molecular complexity index is 980. The standard InChI is InChI=1S/C44H84NO8P/c1-6-8-10-12-14-16-18-20-22-24-26-28-30-32-34-36-43(46)50-40-42(41-52-54(48,49)51-39-38-45(3,4)5)53-44(47)37-35-33-31-29-27-25-23-21-19-17-15-13-11-9-7-2/h20-23,42H,6-19,24-41H2,1-5H3/p+1/b22-20+,23-21-/t42-/m1/s1. The van der Waals surface area contributed by atoms with Crippen molar-refractivity contribution in [3.63, 3.8) is 0 Å². The van der Waals surface area contributed by atoms with E-state index in [0.717, 1.165) is 70.6 Å². The van der Waals surface area contributed by atoms with Crippen LogP contribution in [0.1, 0.15) is 194 Å². The number of phosphoric acid groups is 1. The van der Waals surface area contributed by atoms with Gasteiger partial charge in [-0.2, -0.15) is 0 Å². The SMILES string of the molecule is CCCCCCCC/C=C\CCCCCCCC(=O)O[C@H](COC(=O)CCCCCCC/C=C/CCCCCCCC)COP(=O)(O)OCC[N+](C)(C)C. The van der Waals surface area contributed by atoms with Crippen LogP contribution in [0.4, 0.5) is 0 Å². The highest BCUT2D eigenvalue weighted by atomic mass is 31.2. The molecule has 0 aliphatic carbocycles. The van der Waals surface area contributed by atoms with Crippen molar-refractivity contribution in [3.05, 3.63) is 24.3 Å². The predicted molar refractivity (Wildman–Crippen MR) is 224 cm³/mol. The topological polar surface area (TPSA) is 108 Å². The maximum Gasteiger partial charge on any atom is 0.472 e. The molecule has 1 unspecified atom stereocenters. The van der Waals surface area contributed by atoms with Crippen LogP contribution in [0.15, 0.2) is 24.3 Å². The molecular weight excluding hydrogens is 701 g/mol. The summed E-state index contributed by atoms with van der Waals surface area (Å²) in [7, 11) is 1.47. The van der Waals surface area contributed by atoms with Gasteiger partial charge in [-0.05, 0) is 64.2 Å². The number of nitrogens with zero attached hydrogens (tertiary/aromatic N) is 1. The molecule has 9 nitrogen and oxygen atoms in total. The van der Waals surface area contributed by atoms with E-state index in [1.54, 1.807) is 0 Å². The predicted octanol–water partition coefficient (Wildman–Crippen LogP) is 12.4. The van der Waals surface area contributed by atoms with Crippen molar-refractivity contribution in [1.82, 2.24) is 0 Å². The van der Waals surface area contributed by atoms with Gasteiger partial charge in [-0.1, -0.05) is 141 Å². The summed E-state index contributed by atoms with van der Waals surface area (Å²) in [6.45, 7) is 4.40. The van der Waals surface area contributed by atoms with E-state index in [2.05, 4.69) is 38.2 Å². The molecule has 0 fully saturated rings. The summed E-state index contributed by atoms with van der Waals surface area (Å²) < 4.78 is 34.3. The zero-order valence-corrected chi connectivity index (χ0v) is 36.6. The molecule has 0 radical (unpaired) electrons. The summed E-state index contributed by atoms with van der Waals surface area (Å²) in [5.41, 5.74) is 0. The molecule has 10 heteroatoms. The summed E-state index contributed by atoms with van der Waals surface area (Å²) in [6, 6.07) is 0. The number of phosphoric ester groups is 1. The van der Waals surface area contributed by atoms with Crippen LogP contribution >= 0.6 is 7.82 Å². The van der Waals surface area contributed by atoms with Gasteiger partial charge in [-0.3, -0.25) is 18.6 Å². The third-order valence-corrected chi connectivity index (χ3v) is 10.4. The van der Waals surface area contributed by atoms with Crippen LogP contribution in [0.25, 0.3) is 0 Å². The smallest absolute Gasteiger partial charge is 0.462 e. The molecule has 1 N–H and O–H groups in total. The van der Waals surface area contributed by atoms with Gasteiger partial charge in [-0.15, -0.1) is 0 Å². The van der Waals surface area contributed by atoms with Crippen LogP contribution in [-0.4, -0.2) is 74.9 Å². The summed E-state index contributed by atoms with van der Waals surface area (Å²) in [5, 5.41) is 0. The second-order valence-corrected chi connectivity index (χ2v) is 17.5. The van der Waals surface area contributed by atoms with E-state index in [0.29, 0.717) is 17.4 Å². The Morgan fingerprint density at radius 2 is 0.944 bits per heavy atom. The van der Waals surface area contributed by atoms with Crippen LogP contribution in [0.5, 0.6) is 0 Å². The molecule has 0 aromatic heterocycles. The number of carbonyl (C=O) groups is 2. The van der Waals surface area contributed by atoms with Gasteiger partial charge in [0.25, 0.3) is 0 Å². The quantitative estimate of drug-likeness (QED) is 0.0215. The lowest BCUT2D eigenvalue weighted by molar-refractivity contribution is -0.870. The number of ether oxygens (including phenoxy) is 2. The Morgan fingerprint density at radius 3 is 1.37 bits per heavy atom. The number of hydrogen-bond donors (Lipinski definition) is 1. The molecule has 0 bridgehead atoms. The maximum atomic E-state index is 12.7. The van der Waals surface area contributed by atoms with Crippen LogP contribution in [0, 0.1) is 0 Å². The monoisotopic (exact) mass is 787 g/mol. The van der Waals surface area contributed by atoms with E-state index in [1.807, 2.05) is 21.1 Å². The molecule has 0 saturated heterocycles. The van der Waals surface area contributed by atoms with Crippen LogP contribution in [0.2, 0.25) is 0 Å². The summed E-state index contributed by atoms with van der Waals surface area (Å²) in [5.74, 6) is -0.814. The van der Waals surface area contributed by atoms with E-state index in [1.165, 1.54) is 89.9 Å². The van der Waals surface area contributed by atoms with Crippen molar-refractivity contribution >= 4 is 19.8 Å². The van der Waals surface area contributed by atoms with Crippen molar-refractivity contribution in [1.29, 1.82) is 0 Å². The fourth-order valence-electron chi connectivity index (χ4n) is 5.94. The van der Waals surface area contributed by atoms with Crippen molar-refractivity contribution in [2.45, 2.75) is 200 Å². The van der Waals surface area contributed by atoms with E-state index in [4.69, 9.17) is 18.5 Å². The number of rotatable bonds is 40. The Morgan fingerprint density at radius 1 is 0.556 bits per heavy atom. The van der Waals surface area contributed by atoms with Crippen molar-refractivity contribution in [2.75, 3.05) is 47.5 Å². The van der Waals surface area contributed by atoms with Gasteiger partial charge in [0, 0.05) is 12.8 Å². The first-order valence-corrected chi connectivity index (χ1v) is 23.6. The maximum absolute atomic E-state index is 12.7. The molecule has 0 aliphatic rings. The molecule has 2 atom stereocenters. The van der Waals surface area contributed by atoms with Crippen molar-refractivity contribution in [2.24, 2.45) is 0 Å². The average Bonchev–Trinajstić information content (AvgIpc) is 3.12. The molecule has 54 heavy (non-hydrogen) atoms. The van der Waals surface area contributed by atoms with E-state index >= 15 is 0 Å². The number of quaternary nitrogens is 1. The Labute approximate surface area is 332 Å². The largest absolute Gasteiger partial charge is 0.472 e. The number of unbranched alkanes of at least 4 members (excludes halogenated alkanes) is 22. The highest BCUT2D eigenvalue weighted by Gasteiger charge is 2.27. The Kier molecular flexibility index (Phi) is 36.1. The second kappa shape index (κ2) is 37.1. The zero-order chi connectivity index (χ0) is 40.0. The minimum Gasteiger partial charge on any atom is -0.462 e. The molecule has 0 rings (SSSR count). The number of hydrogen-bond acceptors (Lipinski definition) is 7. The lowest BCUT2D eigenvalue weighted by Gasteiger charge is -2.24. The molecule has 0 aromatic carbocycles. The molecule has 0 amide bonds. The van der Waals surface area contributed by atoms with Gasteiger partial charge >= 0.3 is 19.8 Å². The number of carbonyl (C=O) groups excluding carboxylic acids is 2. The van der Waals surface area contributed by atoms with Crippen molar-refractivity contribution in [3.8, 4) is 0 Å². The second-order valence-electron chi connectivity index (χ2n) is 16.1. The molecule has 0 spiro atoms. The van der Waals surface area contributed by atoms with Crippen LogP contribution < -0.4 is 0 Å². The number of likely N-dealkylation sites (N-methyl/N-ethyl adjacent to an activating group) is 1. The molecule has 0 heterocycles. The van der Waals surface area contributed by atoms with Gasteiger partial charge < -0.3 is 18.9 Å². The van der Waals surface area contributed by atoms with Gasteiger partial charge in [0.15, 0.2) is 6.10 Å². The fourth-order valence-corrected chi connectivity index (χ4v) is 6.69. The first-order chi connectivity index (χ1) is 26.0. The molecule has 0 aromatic rings. The van der Waals surface area contributed by atoms with E-state index in [-0.39, 0.29) is 32.0 Å². The lowest BCUT2D eigenvalue weighted by atomic mass is 10.1. The highest BCUT2D eigenvalue weighted by Crippen LogP contribution is 2.43. The molecule has 318 valence electrons. The Balaban J connectivity index is 4.38. The molecule has 0 saturated carbocycles. The van der Waals surface area contributed by atoms with Gasteiger partial charge in [0.1, 0.15) is 19.8 Å². The molecular formula is C44H85NO8P+. The minimum atomic E-state index is -4.37. The van der Waals surface area contributed by atoms with Gasteiger partial charge in [0.05, 0.1) is 27.7 Å². The third kappa shape index (κ3) is 40.2. The lowest BCUT2D eigenvalue weighted by Crippen LogP contribution is -2.37. The Hall–Kier alpha value is -1.51. The van der Waals surface area contributed by atoms with Crippen LogP contribution in [-0.2, 0) is 32.7 Å². The summed E-state index contributed by atoms with van der Waals surface area (Å²) in [6.07, 6.45) is 39.3. The highest BCUT2D eigenvalue weighted by molar-refractivity contribution is 7.47.